The highest BCUT2D eigenvalue weighted by molar-refractivity contribution is 7.85. The van der Waals surface area contributed by atoms with Crippen LogP contribution in [-0.2, 0) is 14.9 Å². The third kappa shape index (κ3) is 7.48. The molecule has 6 heteroatoms. The number of allylic oxidation sites excluding steroid dienone is 1. The quantitative estimate of drug-likeness (QED) is 0.498. The van der Waals surface area contributed by atoms with Crippen LogP contribution in [0.25, 0.3) is 0 Å². The number of rotatable bonds is 4. The molecule has 0 aromatic carbocycles. The predicted octanol–water partition coefficient (Wildman–Crippen LogP) is -0.0581. The Morgan fingerprint density at radius 3 is 2.31 bits per heavy atom. The number of carbonyl (C=O) groups is 1. The van der Waals surface area contributed by atoms with Crippen molar-refractivity contribution >= 4 is 16.0 Å². The van der Waals surface area contributed by atoms with Crippen molar-refractivity contribution in [1.29, 1.82) is 0 Å². The third-order valence-electron chi connectivity index (χ3n) is 1.25. The first-order valence-corrected chi connectivity index (χ1v) is 5.17. The van der Waals surface area contributed by atoms with E-state index in [0.717, 1.165) is 6.08 Å². The Morgan fingerprint density at radius 2 is 2.00 bits per heavy atom. The van der Waals surface area contributed by atoms with Gasteiger partial charge in [0.1, 0.15) is 0 Å². The molecule has 3 N–H and O–H groups in total. The van der Waals surface area contributed by atoms with Gasteiger partial charge in [-0.05, 0) is 11.5 Å². The van der Waals surface area contributed by atoms with Crippen molar-refractivity contribution in [2.75, 3.05) is 5.75 Å². The van der Waals surface area contributed by atoms with Crippen molar-refractivity contribution in [2.45, 2.75) is 13.8 Å². The lowest BCUT2D eigenvalue weighted by atomic mass is 9.96. The molecule has 0 saturated carbocycles. The molecule has 76 valence electrons. The molecule has 13 heavy (non-hydrogen) atoms. The van der Waals surface area contributed by atoms with Gasteiger partial charge in [-0.25, -0.2) is 0 Å². The van der Waals surface area contributed by atoms with Crippen molar-refractivity contribution in [1.82, 2.24) is 0 Å². The second-order valence-corrected chi connectivity index (χ2v) is 4.90. The van der Waals surface area contributed by atoms with Crippen LogP contribution in [0.5, 0.6) is 0 Å². The average molecular weight is 207 g/mol. The van der Waals surface area contributed by atoms with Gasteiger partial charge < -0.3 is 5.73 Å². The van der Waals surface area contributed by atoms with Crippen molar-refractivity contribution < 1.29 is 17.8 Å². The van der Waals surface area contributed by atoms with E-state index in [1.807, 2.05) is 0 Å². The Hall–Kier alpha value is -0.880. The third-order valence-corrected chi connectivity index (χ3v) is 2.36. The van der Waals surface area contributed by atoms with Crippen LogP contribution in [-0.4, -0.2) is 24.6 Å². The first-order valence-electron chi connectivity index (χ1n) is 3.56. The maximum absolute atomic E-state index is 10.5. The van der Waals surface area contributed by atoms with Crippen molar-refractivity contribution in [3.63, 3.8) is 0 Å². The Balaban J connectivity index is 4.51. The minimum absolute atomic E-state index is 0.441. The van der Waals surface area contributed by atoms with Crippen LogP contribution >= 0.6 is 0 Å². The lowest BCUT2D eigenvalue weighted by Crippen LogP contribution is -2.22. The fourth-order valence-electron chi connectivity index (χ4n) is 0.826. The maximum atomic E-state index is 10.5. The summed E-state index contributed by atoms with van der Waals surface area (Å²) in [5.74, 6) is -1.09. The molecule has 0 aliphatic rings. The summed E-state index contributed by atoms with van der Waals surface area (Å²) in [6.07, 6.45) is 2.42. The lowest BCUT2D eigenvalue weighted by molar-refractivity contribution is -0.113. The number of hydrogen-bond donors (Lipinski definition) is 2. The zero-order chi connectivity index (χ0) is 10.7. The number of nitrogens with two attached hydrogens (primary N) is 1. The smallest absolute Gasteiger partial charge is 0.265 e. The molecular weight excluding hydrogens is 194 g/mol. The van der Waals surface area contributed by atoms with Crippen LogP contribution in [0.3, 0.4) is 0 Å². The number of amides is 1. The molecule has 0 fully saturated rings. The molecule has 0 aromatic heterocycles. The molecule has 0 bridgehead atoms. The van der Waals surface area contributed by atoms with E-state index in [9.17, 15) is 13.2 Å². The summed E-state index contributed by atoms with van der Waals surface area (Å²) in [5, 5.41) is 0. The van der Waals surface area contributed by atoms with Gasteiger partial charge in [-0.3, -0.25) is 9.35 Å². The molecule has 0 radical (unpaired) electrons. The molecule has 0 aliphatic carbocycles. The minimum Gasteiger partial charge on any atom is -0.366 e. The van der Waals surface area contributed by atoms with Crippen LogP contribution in [0.2, 0.25) is 0 Å². The first kappa shape index (κ1) is 12.1. The van der Waals surface area contributed by atoms with Gasteiger partial charge in [0, 0.05) is 0 Å². The first-order chi connectivity index (χ1) is 5.62. The van der Waals surface area contributed by atoms with E-state index in [2.05, 4.69) is 0 Å². The fraction of sp³-hybridized carbons (Fsp3) is 0.571. The van der Waals surface area contributed by atoms with E-state index in [1.54, 1.807) is 13.8 Å². The number of carbonyl (C=O) groups excluding carboxylic acids is 1. The van der Waals surface area contributed by atoms with E-state index in [0.29, 0.717) is 0 Å². The molecule has 0 aromatic rings. The molecular formula is C7H13NO4S. The molecule has 0 unspecified atom stereocenters. The zero-order valence-electron chi connectivity index (χ0n) is 7.52. The summed E-state index contributed by atoms with van der Waals surface area (Å²) in [7, 11) is -4.03. The highest BCUT2D eigenvalue weighted by atomic mass is 32.2. The van der Waals surface area contributed by atoms with E-state index in [1.165, 1.54) is 6.08 Å². The molecule has 0 aliphatic heterocycles. The molecule has 0 spiro atoms. The molecule has 0 saturated heterocycles. The van der Waals surface area contributed by atoms with E-state index < -0.39 is 27.2 Å². The standard InChI is InChI=1S/C7H13NO4S/c1-7(2,4-3-6(8)9)5-13(10,11)12/h3-4H,5H2,1-2H3,(H2,8,9)(H,10,11,12)/b4-3+. The summed E-state index contributed by atoms with van der Waals surface area (Å²) in [5.41, 5.74) is 4.02. The van der Waals surface area contributed by atoms with Crippen LogP contribution in [0.1, 0.15) is 13.8 Å². The van der Waals surface area contributed by atoms with E-state index in [-0.39, 0.29) is 0 Å². The minimum atomic E-state index is -4.03. The van der Waals surface area contributed by atoms with Gasteiger partial charge in [-0.15, -0.1) is 0 Å². The van der Waals surface area contributed by atoms with E-state index in [4.69, 9.17) is 10.3 Å². The number of hydrogen-bond acceptors (Lipinski definition) is 3. The monoisotopic (exact) mass is 207 g/mol. The van der Waals surface area contributed by atoms with Gasteiger partial charge in [0.2, 0.25) is 5.91 Å². The van der Waals surface area contributed by atoms with Gasteiger partial charge in [0.25, 0.3) is 10.1 Å². The van der Waals surface area contributed by atoms with Gasteiger partial charge >= 0.3 is 0 Å². The maximum Gasteiger partial charge on any atom is 0.265 e. The molecule has 1 amide bonds. The van der Waals surface area contributed by atoms with Gasteiger partial charge in [-0.2, -0.15) is 8.42 Å². The molecule has 0 rings (SSSR count). The summed E-state index contributed by atoms with van der Waals surface area (Å²) in [6.45, 7) is 3.14. The van der Waals surface area contributed by atoms with Crippen molar-refractivity contribution in [3.05, 3.63) is 12.2 Å². The summed E-state index contributed by atoms with van der Waals surface area (Å²) in [6, 6.07) is 0. The van der Waals surface area contributed by atoms with Crippen LogP contribution in [0.15, 0.2) is 12.2 Å². The lowest BCUT2D eigenvalue weighted by Gasteiger charge is -2.16. The molecule has 0 heterocycles. The summed E-state index contributed by atoms with van der Waals surface area (Å²) >= 11 is 0. The van der Waals surface area contributed by atoms with Crippen LogP contribution in [0, 0.1) is 5.41 Å². The average Bonchev–Trinajstić information content (AvgIpc) is 1.78. The van der Waals surface area contributed by atoms with Gasteiger partial charge in [0.05, 0.1) is 5.75 Å². The van der Waals surface area contributed by atoms with Crippen molar-refractivity contribution in [2.24, 2.45) is 11.1 Å². The van der Waals surface area contributed by atoms with Gasteiger partial charge in [-0.1, -0.05) is 19.9 Å². The predicted molar refractivity (Wildman–Crippen MR) is 48.5 cm³/mol. The largest absolute Gasteiger partial charge is 0.366 e. The van der Waals surface area contributed by atoms with Crippen LogP contribution < -0.4 is 5.73 Å². The SMILES string of the molecule is CC(C)(/C=C/C(N)=O)CS(=O)(=O)O. The molecule has 5 nitrogen and oxygen atoms in total. The zero-order valence-corrected chi connectivity index (χ0v) is 8.34. The molecule has 0 atom stereocenters. The highest BCUT2D eigenvalue weighted by Gasteiger charge is 2.21. The summed E-state index contributed by atoms with van der Waals surface area (Å²) < 4.78 is 29.5. The van der Waals surface area contributed by atoms with E-state index >= 15 is 0 Å². The Labute approximate surface area is 77.4 Å². The fourth-order valence-corrected chi connectivity index (χ4v) is 1.86. The second kappa shape index (κ2) is 3.89. The Bertz CT molecular complexity index is 315. The van der Waals surface area contributed by atoms with Crippen LogP contribution in [0.4, 0.5) is 0 Å². The van der Waals surface area contributed by atoms with Crippen molar-refractivity contribution in [3.8, 4) is 0 Å². The van der Waals surface area contributed by atoms with Gasteiger partial charge in [0.15, 0.2) is 0 Å². The topological polar surface area (TPSA) is 97.5 Å². The highest BCUT2D eigenvalue weighted by Crippen LogP contribution is 2.18. The second-order valence-electron chi connectivity index (χ2n) is 3.45. The normalized spacial score (nSPS) is 13.5. The Kier molecular flexibility index (Phi) is 3.62. The number of primary amides is 1. The summed E-state index contributed by atoms with van der Waals surface area (Å²) in [4.78, 5) is 10.3. The Morgan fingerprint density at radius 1 is 1.54 bits per heavy atom.